The van der Waals surface area contributed by atoms with Crippen LogP contribution < -0.4 is 5.73 Å². The summed E-state index contributed by atoms with van der Waals surface area (Å²) < 4.78 is 0. The van der Waals surface area contributed by atoms with Gasteiger partial charge in [-0.3, -0.25) is 9.69 Å². The van der Waals surface area contributed by atoms with E-state index in [1.807, 2.05) is 18.7 Å². The molecule has 0 aliphatic carbocycles. The lowest BCUT2D eigenvalue weighted by atomic mass is 9.95. The molecule has 1 aromatic rings. The Morgan fingerprint density at radius 2 is 1.92 bits per heavy atom. The molecular formula is C21H35N3O. The van der Waals surface area contributed by atoms with Crippen LogP contribution >= 0.6 is 0 Å². The number of rotatable bonds is 7. The molecule has 0 aromatic heterocycles. The first-order valence-corrected chi connectivity index (χ1v) is 9.70. The van der Waals surface area contributed by atoms with Gasteiger partial charge in [0.1, 0.15) is 0 Å². The molecular weight excluding hydrogens is 310 g/mol. The Balaban J connectivity index is 1.95. The summed E-state index contributed by atoms with van der Waals surface area (Å²) >= 11 is 0. The van der Waals surface area contributed by atoms with Gasteiger partial charge < -0.3 is 10.6 Å². The summed E-state index contributed by atoms with van der Waals surface area (Å²) in [5, 5.41) is 0. The van der Waals surface area contributed by atoms with Crippen molar-refractivity contribution in [2.24, 2.45) is 17.6 Å². The number of benzene rings is 1. The number of piperidine rings is 1. The molecule has 0 bridgehead atoms. The Labute approximate surface area is 153 Å². The molecule has 1 aromatic carbocycles. The average Bonchev–Trinajstić information content (AvgIpc) is 2.59. The molecule has 2 atom stereocenters. The van der Waals surface area contributed by atoms with Crippen molar-refractivity contribution in [3.63, 3.8) is 0 Å². The van der Waals surface area contributed by atoms with Crippen LogP contribution in [0, 0.1) is 11.8 Å². The molecule has 4 nitrogen and oxygen atoms in total. The van der Waals surface area contributed by atoms with Crippen LogP contribution in [-0.2, 0) is 11.3 Å². The Morgan fingerprint density at radius 1 is 1.24 bits per heavy atom. The fourth-order valence-corrected chi connectivity index (χ4v) is 3.60. The van der Waals surface area contributed by atoms with Gasteiger partial charge in [0.25, 0.3) is 0 Å². The maximum atomic E-state index is 12.8. The predicted molar refractivity (Wildman–Crippen MR) is 104 cm³/mol. The van der Waals surface area contributed by atoms with E-state index in [4.69, 9.17) is 5.73 Å². The van der Waals surface area contributed by atoms with Crippen molar-refractivity contribution in [2.75, 3.05) is 19.6 Å². The third kappa shape index (κ3) is 5.82. The number of hydrogen-bond acceptors (Lipinski definition) is 3. The first kappa shape index (κ1) is 19.9. The summed E-state index contributed by atoms with van der Waals surface area (Å²) in [5.41, 5.74) is 7.49. The molecule has 4 heteroatoms. The van der Waals surface area contributed by atoms with Gasteiger partial charge in [-0.25, -0.2) is 0 Å². The van der Waals surface area contributed by atoms with Crippen molar-refractivity contribution in [2.45, 2.75) is 59.2 Å². The fraction of sp³-hybridized carbons (Fsp3) is 0.667. The van der Waals surface area contributed by atoms with E-state index in [0.29, 0.717) is 5.92 Å². The summed E-state index contributed by atoms with van der Waals surface area (Å²) in [6.45, 7) is 12.2. The zero-order valence-corrected chi connectivity index (χ0v) is 16.3. The standard InChI is InChI=1S/C21H35N3O/c1-16(2)20(22)21(25)24(17(3)4)15-19-11-8-12-23(14-19)13-18-9-6-5-7-10-18/h5-7,9-10,16-17,19-20H,8,11-15,22H2,1-4H3. The molecule has 0 saturated carbocycles. The van der Waals surface area contributed by atoms with Crippen LogP contribution in [-0.4, -0.2) is 47.4 Å². The highest BCUT2D eigenvalue weighted by Gasteiger charge is 2.29. The zero-order valence-electron chi connectivity index (χ0n) is 16.3. The van der Waals surface area contributed by atoms with Crippen molar-refractivity contribution in [1.82, 2.24) is 9.80 Å². The van der Waals surface area contributed by atoms with Gasteiger partial charge in [-0.2, -0.15) is 0 Å². The quantitative estimate of drug-likeness (QED) is 0.826. The van der Waals surface area contributed by atoms with E-state index < -0.39 is 6.04 Å². The van der Waals surface area contributed by atoms with Gasteiger partial charge in [0.15, 0.2) is 0 Å². The Bertz CT molecular complexity index is 529. The van der Waals surface area contributed by atoms with Gasteiger partial charge in [-0.05, 0) is 50.6 Å². The van der Waals surface area contributed by atoms with Crippen LogP contribution in [0.5, 0.6) is 0 Å². The van der Waals surface area contributed by atoms with Gasteiger partial charge in [0.05, 0.1) is 6.04 Å². The second kappa shape index (κ2) is 9.35. The highest BCUT2D eigenvalue weighted by atomic mass is 16.2. The minimum Gasteiger partial charge on any atom is -0.339 e. The van der Waals surface area contributed by atoms with E-state index in [-0.39, 0.29) is 17.9 Å². The average molecular weight is 346 g/mol. The molecule has 0 radical (unpaired) electrons. The summed E-state index contributed by atoms with van der Waals surface area (Å²) in [6, 6.07) is 10.4. The summed E-state index contributed by atoms with van der Waals surface area (Å²) in [6.07, 6.45) is 2.40. The van der Waals surface area contributed by atoms with E-state index in [0.717, 1.165) is 26.2 Å². The van der Waals surface area contributed by atoms with Crippen molar-refractivity contribution in [1.29, 1.82) is 0 Å². The number of likely N-dealkylation sites (tertiary alicyclic amines) is 1. The number of nitrogens with two attached hydrogens (primary N) is 1. The van der Waals surface area contributed by atoms with Crippen molar-refractivity contribution < 1.29 is 4.79 Å². The number of amides is 1. The third-order valence-corrected chi connectivity index (χ3v) is 5.22. The number of carbonyl (C=O) groups excluding carboxylic acids is 1. The second-order valence-electron chi connectivity index (χ2n) is 8.08. The lowest BCUT2D eigenvalue weighted by Crippen LogP contribution is -2.52. The number of nitrogens with zero attached hydrogens (tertiary/aromatic N) is 2. The summed E-state index contributed by atoms with van der Waals surface area (Å²) in [5.74, 6) is 0.808. The molecule has 25 heavy (non-hydrogen) atoms. The molecule has 140 valence electrons. The molecule has 1 fully saturated rings. The smallest absolute Gasteiger partial charge is 0.239 e. The lowest BCUT2D eigenvalue weighted by molar-refractivity contribution is -0.136. The molecule has 1 aliphatic rings. The van der Waals surface area contributed by atoms with Gasteiger partial charge in [-0.15, -0.1) is 0 Å². The molecule has 1 heterocycles. The van der Waals surface area contributed by atoms with Crippen LogP contribution in [0.25, 0.3) is 0 Å². The normalized spacial score (nSPS) is 20.0. The minimum absolute atomic E-state index is 0.102. The zero-order chi connectivity index (χ0) is 18.4. The van der Waals surface area contributed by atoms with Crippen molar-refractivity contribution in [3.8, 4) is 0 Å². The Morgan fingerprint density at radius 3 is 2.52 bits per heavy atom. The van der Waals surface area contributed by atoms with E-state index in [1.54, 1.807) is 0 Å². The highest BCUT2D eigenvalue weighted by molar-refractivity contribution is 5.82. The second-order valence-corrected chi connectivity index (χ2v) is 8.08. The SMILES string of the molecule is CC(C)C(N)C(=O)N(CC1CCCN(Cc2ccccc2)C1)C(C)C. The van der Waals surface area contributed by atoms with Crippen LogP contribution in [0.3, 0.4) is 0 Å². The summed E-state index contributed by atoms with van der Waals surface area (Å²) in [7, 11) is 0. The largest absolute Gasteiger partial charge is 0.339 e. The molecule has 0 spiro atoms. The third-order valence-electron chi connectivity index (χ3n) is 5.22. The van der Waals surface area contributed by atoms with Crippen LogP contribution in [0.4, 0.5) is 0 Å². The van der Waals surface area contributed by atoms with E-state index in [9.17, 15) is 4.79 Å². The van der Waals surface area contributed by atoms with Crippen molar-refractivity contribution in [3.05, 3.63) is 35.9 Å². The molecule has 2 unspecified atom stereocenters. The van der Waals surface area contributed by atoms with Crippen LogP contribution in [0.1, 0.15) is 46.1 Å². The minimum atomic E-state index is -0.397. The lowest BCUT2D eigenvalue weighted by Gasteiger charge is -2.38. The van der Waals surface area contributed by atoms with Crippen molar-refractivity contribution >= 4 is 5.91 Å². The van der Waals surface area contributed by atoms with Crippen LogP contribution in [0.2, 0.25) is 0 Å². The predicted octanol–water partition coefficient (Wildman–Crippen LogP) is 3.12. The molecule has 2 N–H and O–H groups in total. The van der Waals surface area contributed by atoms with Gasteiger partial charge in [0, 0.05) is 25.7 Å². The number of hydrogen-bond donors (Lipinski definition) is 1. The van der Waals surface area contributed by atoms with E-state index in [1.165, 1.54) is 18.4 Å². The fourth-order valence-electron chi connectivity index (χ4n) is 3.60. The van der Waals surface area contributed by atoms with Gasteiger partial charge >= 0.3 is 0 Å². The molecule has 1 aliphatic heterocycles. The Kier molecular flexibility index (Phi) is 7.45. The van der Waals surface area contributed by atoms with E-state index in [2.05, 4.69) is 49.1 Å². The van der Waals surface area contributed by atoms with E-state index >= 15 is 0 Å². The molecule has 2 rings (SSSR count). The van der Waals surface area contributed by atoms with Gasteiger partial charge in [0.2, 0.25) is 5.91 Å². The number of carbonyl (C=O) groups is 1. The Hall–Kier alpha value is -1.39. The highest BCUT2D eigenvalue weighted by Crippen LogP contribution is 2.21. The van der Waals surface area contributed by atoms with Gasteiger partial charge in [-0.1, -0.05) is 44.2 Å². The maximum Gasteiger partial charge on any atom is 0.239 e. The first-order chi connectivity index (χ1) is 11.9. The van der Waals surface area contributed by atoms with Crippen LogP contribution in [0.15, 0.2) is 30.3 Å². The topological polar surface area (TPSA) is 49.6 Å². The maximum absolute atomic E-state index is 12.8. The monoisotopic (exact) mass is 345 g/mol. The molecule has 1 amide bonds. The first-order valence-electron chi connectivity index (χ1n) is 9.70. The molecule has 1 saturated heterocycles. The summed E-state index contributed by atoms with van der Waals surface area (Å²) in [4.78, 5) is 17.3.